The zero-order chi connectivity index (χ0) is 38.5. The highest BCUT2D eigenvalue weighted by Gasteiger charge is 2.54. The lowest BCUT2D eigenvalue weighted by Gasteiger charge is -2.53. The van der Waals surface area contributed by atoms with Crippen molar-refractivity contribution in [1.29, 1.82) is 0 Å². The Morgan fingerprint density at radius 2 is 1.05 bits per heavy atom. The molecule has 0 amide bonds. The number of hydrogen-bond donors (Lipinski definition) is 0. The highest BCUT2D eigenvalue weighted by Crippen LogP contribution is 2.44. The van der Waals surface area contributed by atoms with E-state index in [1.54, 1.807) is 0 Å². The van der Waals surface area contributed by atoms with Crippen molar-refractivity contribution in [2.24, 2.45) is 29.6 Å². The number of hydrogen-bond acceptors (Lipinski definition) is 9. The lowest BCUT2D eigenvalue weighted by molar-refractivity contribution is -0.393. The van der Waals surface area contributed by atoms with Crippen molar-refractivity contribution < 1.29 is 42.6 Å². The molecule has 0 radical (unpaired) electrons. The molecule has 3 aromatic carbocycles. The van der Waals surface area contributed by atoms with E-state index >= 15 is 0 Å². The summed E-state index contributed by atoms with van der Waals surface area (Å²) in [6.07, 6.45) is -2.61. The Morgan fingerprint density at radius 3 is 1.69 bits per heavy atom. The Labute approximate surface area is 328 Å². The van der Waals surface area contributed by atoms with Gasteiger partial charge in [-0.05, 0) is 35.8 Å². The third kappa shape index (κ3) is 9.22. The molecule has 0 saturated carbocycles. The molecule has 9 nitrogen and oxygen atoms in total. The normalized spacial score (nSPS) is 39.3. The average Bonchev–Trinajstić information content (AvgIpc) is 3.22. The van der Waals surface area contributed by atoms with Crippen molar-refractivity contribution in [3.63, 3.8) is 0 Å². The maximum absolute atomic E-state index is 7.16. The first-order valence-electron chi connectivity index (χ1n) is 20.7. The maximum atomic E-state index is 7.16. The molecular weight excluding hydrogens is 696 g/mol. The van der Waals surface area contributed by atoms with Crippen LogP contribution in [0.1, 0.15) is 84.3 Å². The van der Waals surface area contributed by atoms with E-state index in [0.717, 1.165) is 23.1 Å². The van der Waals surface area contributed by atoms with Crippen molar-refractivity contribution in [3.05, 3.63) is 108 Å². The third-order valence-electron chi connectivity index (χ3n) is 12.6. The van der Waals surface area contributed by atoms with Crippen LogP contribution in [0.3, 0.4) is 0 Å². The smallest absolute Gasteiger partial charge is 0.184 e. The Morgan fingerprint density at radius 1 is 0.509 bits per heavy atom. The Hall–Kier alpha value is -2.70. The first-order valence-corrected chi connectivity index (χ1v) is 20.7. The average molecular weight is 759 g/mol. The highest BCUT2D eigenvalue weighted by molar-refractivity contribution is 5.17. The van der Waals surface area contributed by atoms with E-state index in [9.17, 15) is 0 Å². The molecule has 9 heteroatoms. The van der Waals surface area contributed by atoms with Crippen LogP contribution in [0.4, 0.5) is 0 Å². The number of fused-ring (bicyclic) bond motifs is 1. The Balaban J connectivity index is 1.15. The molecule has 4 aliphatic rings. The second-order valence-corrected chi connectivity index (χ2v) is 16.2. The molecule has 0 bridgehead atoms. The molecule has 0 N–H and O–H groups in total. The monoisotopic (exact) mass is 758 g/mol. The van der Waals surface area contributed by atoms with Crippen molar-refractivity contribution >= 4 is 0 Å². The molecule has 4 aliphatic heterocycles. The van der Waals surface area contributed by atoms with Gasteiger partial charge in [0.15, 0.2) is 25.2 Å². The summed E-state index contributed by atoms with van der Waals surface area (Å²) in [6.45, 7) is 16.6. The van der Waals surface area contributed by atoms with Gasteiger partial charge in [0, 0.05) is 23.3 Å². The molecule has 4 fully saturated rings. The van der Waals surface area contributed by atoms with Crippen molar-refractivity contribution in [2.75, 3.05) is 6.61 Å². The molecular formula is C46H62O9. The van der Waals surface area contributed by atoms with Crippen LogP contribution in [0.25, 0.3) is 0 Å². The van der Waals surface area contributed by atoms with Gasteiger partial charge in [0.05, 0.1) is 44.2 Å². The summed E-state index contributed by atoms with van der Waals surface area (Å²) in [5.41, 5.74) is 3.14. The summed E-state index contributed by atoms with van der Waals surface area (Å²) >= 11 is 0. The molecule has 0 spiro atoms. The van der Waals surface area contributed by atoms with Crippen LogP contribution in [0.2, 0.25) is 0 Å². The van der Waals surface area contributed by atoms with E-state index in [-0.39, 0.29) is 36.1 Å². The van der Waals surface area contributed by atoms with Gasteiger partial charge in [-0.25, -0.2) is 0 Å². The Kier molecular flexibility index (Phi) is 13.8. The van der Waals surface area contributed by atoms with Crippen LogP contribution < -0.4 is 0 Å². The minimum absolute atomic E-state index is 0.118. The van der Waals surface area contributed by atoms with Crippen LogP contribution in [0.5, 0.6) is 0 Å². The summed E-state index contributed by atoms with van der Waals surface area (Å²) in [6, 6.07) is 30.5. The van der Waals surface area contributed by atoms with E-state index in [1.165, 1.54) is 0 Å². The quantitative estimate of drug-likeness (QED) is 0.170. The van der Waals surface area contributed by atoms with Crippen molar-refractivity contribution in [1.82, 2.24) is 0 Å². The van der Waals surface area contributed by atoms with Gasteiger partial charge in [-0.3, -0.25) is 0 Å². The van der Waals surface area contributed by atoms with E-state index in [0.29, 0.717) is 38.1 Å². The summed E-state index contributed by atoms with van der Waals surface area (Å²) < 4.78 is 61.0. The van der Waals surface area contributed by atoms with Crippen LogP contribution >= 0.6 is 0 Å². The molecule has 3 aromatic rings. The second kappa shape index (κ2) is 18.7. The maximum Gasteiger partial charge on any atom is 0.184 e. The van der Waals surface area contributed by atoms with Gasteiger partial charge in [0.2, 0.25) is 0 Å². The minimum Gasteiger partial charge on any atom is -0.370 e. The van der Waals surface area contributed by atoms with Gasteiger partial charge >= 0.3 is 0 Å². The van der Waals surface area contributed by atoms with Crippen LogP contribution in [-0.2, 0) is 55.8 Å². The van der Waals surface area contributed by atoms with Crippen LogP contribution in [0, 0.1) is 29.6 Å². The zero-order valence-corrected chi connectivity index (χ0v) is 33.6. The molecule has 300 valence electrons. The van der Waals surface area contributed by atoms with E-state index in [1.807, 2.05) is 66.7 Å². The van der Waals surface area contributed by atoms with Crippen LogP contribution in [0.15, 0.2) is 91.0 Å². The molecule has 2 unspecified atom stereocenters. The van der Waals surface area contributed by atoms with E-state index in [4.69, 9.17) is 42.6 Å². The third-order valence-corrected chi connectivity index (χ3v) is 12.6. The largest absolute Gasteiger partial charge is 0.370 e. The molecule has 0 aliphatic carbocycles. The molecule has 4 saturated heterocycles. The lowest BCUT2D eigenvalue weighted by Crippen LogP contribution is -2.64. The molecule has 4 heterocycles. The molecule has 16 atom stereocenters. The fourth-order valence-corrected chi connectivity index (χ4v) is 8.75. The van der Waals surface area contributed by atoms with E-state index in [2.05, 4.69) is 72.7 Å². The number of ether oxygens (including phenoxy) is 9. The summed E-state index contributed by atoms with van der Waals surface area (Å²) in [5.74, 6) is 0.690. The SMILES string of the molecule is CC[C@H]1O[C@H](O[C@@H]2[C@@H](C)[C@H](O[C@H]3[C@H](OCc4ccccc4)[C@@H](C)C(OCc4ccccc4)O[C@@H]3CC)O[C@@H]3COC(c4ccccc4)O[C@H]23)[C@H](C)[C@@H](C)[C@H]1C. The van der Waals surface area contributed by atoms with Crippen LogP contribution in [-0.4, -0.2) is 68.2 Å². The topological polar surface area (TPSA) is 83.1 Å². The van der Waals surface area contributed by atoms with Gasteiger partial charge in [0.25, 0.3) is 0 Å². The standard InChI is InChI=1S/C46H62O9/c1-8-36-29(4)28(3)30(5)44(50-36)53-40-32(7)45(52-38-27-49-46(55-42(38)40)35-23-17-12-18-24-35)54-41-37(9-2)51-43(48-26-34-21-15-11-16-22-34)31(6)39(41)47-25-33-19-13-10-14-20-33/h10-24,28-32,36-46H,8-9,25-27H2,1-7H3/t28-,29+,30+,31+,32+,36+,37+,38+,39+,40+,41+,42-,43?,44+,45-,46?/m0/s1. The molecule has 7 rings (SSSR count). The zero-order valence-electron chi connectivity index (χ0n) is 33.6. The van der Waals surface area contributed by atoms with Crippen molar-refractivity contribution in [2.45, 2.75) is 142 Å². The summed E-state index contributed by atoms with van der Waals surface area (Å²) in [4.78, 5) is 0. The fourth-order valence-electron chi connectivity index (χ4n) is 8.75. The predicted molar refractivity (Wildman–Crippen MR) is 208 cm³/mol. The molecule has 55 heavy (non-hydrogen) atoms. The van der Waals surface area contributed by atoms with Gasteiger partial charge in [-0.1, -0.05) is 139 Å². The number of benzene rings is 3. The van der Waals surface area contributed by atoms with Crippen molar-refractivity contribution in [3.8, 4) is 0 Å². The van der Waals surface area contributed by atoms with E-state index < -0.39 is 49.6 Å². The predicted octanol–water partition coefficient (Wildman–Crippen LogP) is 8.85. The lowest BCUT2D eigenvalue weighted by atomic mass is 9.78. The van der Waals surface area contributed by atoms with Gasteiger partial charge in [-0.15, -0.1) is 0 Å². The minimum atomic E-state index is -0.650. The Bertz CT molecular complexity index is 1580. The summed E-state index contributed by atoms with van der Waals surface area (Å²) in [7, 11) is 0. The van der Waals surface area contributed by atoms with Gasteiger partial charge in [-0.2, -0.15) is 0 Å². The highest BCUT2D eigenvalue weighted by atomic mass is 16.8. The molecule has 0 aromatic heterocycles. The van der Waals surface area contributed by atoms with Gasteiger partial charge in [0.1, 0.15) is 18.3 Å². The second-order valence-electron chi connectivity index (χ2n) is 16.2. The first-order chi connectivity index (χ1) is 26.7. The number of rotatable bonds is 13. The fraction of sp³-hybridized carbons (Fsp3) is 0.609. The van der Waals surface area contributed by atoms with Gasteiger partial charge < -0.3 is 42.6 Å². The first kappa shape index (κ1) is 40.5. The summed E-state index contributed by atoms with van der Waals surface area (Å²) in [5, 5.41) is 0.